The zero-order chi connectivity index (χ0) is 8.32. The first kappa shape index (κ1) is 9.36. The van der Waals surface area contributed by atoms with Crippen LogP contribution in [0.15, 0.2) is 0 Å². The number of nitrogens with one attached hydrogen (secondary N) is 1. The third-order valence-electron chi connectivity index (χ3n) is 2.09. The van der Waals surface area contributed by atoms with Crippen molar-refractivity contribution in [3.8, 4) is 0 Å². The fourth-order valence-corrected chi connectivity index (χ4v) is 2.88. The fraction of sp³-hybridized carbons (Fsp3) is 1.00. The number of rotatable bonds is 3. The van der Waals surface area contributed by atoms with E-state index in [0.29, 0.717) is 0 Å². The molecule has 1 heterocycles. The van der Waals surface area contributed by atoms with Crippen LogP contribution in [0, 0.1) is 0 Å². The normalized spacial score (nSPS) is 37.9. The minimum absolute atomic E-state index is 0.203. The first-order chi connectivity index (χ1) is 5.22. The highest BCUT2D eigenvalue weighted by Crippen LogP contribution is 2.35. The monoisotopic (exact) mass is 175 g/mol. The predicted molar refractivity (Wildman–Crippen MR) is 50.0 cm³/mol. The molecule has 0 saturated carbocycles. The van der Waals surface area contributed by atoms with E-state index in [4.69, 9.17) is 4.74 Å². The number of ether oxygens (including phenoxy) is 1. The summed E-state index contributed by atoms with van der Waals surface area (Å²) in [5, 5.41) is 4.24. The Morgan fingerprint density at radius 2 is 2.45 bits per heavy atom. The number of methoxy groups -OCH3 is 1. The van der Waals surface area contributed by atoms with E-state index in [1.807, 2.05) is 11.8 Å². The summed E-state index contributed by atoms with van der Waals surface area (Å²) in [5.74, 6) is 0. The Hall–Kier alpha value is 0.270. The van der Waals surface area contributed by atoms with Gasteiger partial charge in [0.2, 0.25) is 0 Å². The second-order valence-electron chi connectivity index (χ2n) is 3.09. The summed E-state index contributed by atoms with van der Waals surface area (Å²) in [6, 6.07) is 0. The number of hydrogen-bond acceptors (Lipinski definition) is 3. The maximum atomic E-state index is 5.18. The van der Waals surface area contributed by atoms with E-state index in [1.165, 1.54) is 0 Å². The maximum Gasteiger partial charge on any atom is 0.0882 e. The van der Waals surface area contributed by atoms with Crippen LogP contribution in [0.5, 0.6) is 0 Å². The standard InChI is InChI=1S/C8H17NOS/c1-4-8(6-10-3)9-5-7(2)11-8/h7,9H,4-6H2,1-3H3. The largest absolute Gasteiger partial charge is 0.382 e. The lowest BCUT2D eigenvalue weighted by Crippen LogP contribution is -2.40. The van der Waals surface area contributed by atoms with Crippen molar-refractivity contribution in [2.75, 3.05) is 20.3 Å². The number of hydrogen-bond donors (Lipinski definition) is 1. The average molecular weight is 175 g/mol. The molecule has 3 heteroatoms. The van der Waals surface area contributed by atoms with Gasteiger partial charge in [0.05, 0.1) is 11.5 Å². The first-order valence-electron chi connectivity index (χ1n) is 4.14. The van der Waals surface area contributed by atoms with Crippen LogP contribution >= 0.6 is 11.8 Å². The molecule has 0 aromatic carbocycles. The Balaban J connectivity index is 2.48. The zero-order valence-electron chi connectivity index (χ0n) is 7.52. The third-order valence-corrected chi connectivity index (χ3v) is 3.66. The summed E-state index contributed by atoms with van der Waals surface area (Å²) < 4.78 is 5.18. The predicted octanol–water partition coefficient (Wildman–Crippen LogP) is 1.46. The maximum absolute atomic E-state index is 5.18. The molecule has 2 nitrogen and oxygen atoms in total. The van der Waals surface area contributed by atoms with Gasteiger partial charge >= 0.3 is 0 Å². The second kappa shape index (κ2) is 3.78. The summed E-state index contributed by atoms with van der Waals surface area (Å²) in [6.45, 7) is 6.39. The van der Waals surface area contributed by atoms with E-state index in [9.17, 15) is 0 Å². The van der Waals surface area contributed by atoms with E-state index >= 15 is 0 Å². The van der Waals surface area contributed by atoms with Crippen LogP contribution in [-0.2, 0) is 4.74 Å². The van der Waals surface area contributed by atoms with Crippen molar-refractivity contribution in [3.63, 3.8) is 0 Å². The fourth-order valence-electron chi connectivity index (χ4n) is 1.43. The third kappa shape index (κ3) is 2.10. The molecule has 1 aliphatic heterocycles. The van der Waals surface area contributed by atoms with E-state index in [-0.39, 0.29) is 4.87 Å². The SMILES string of the molecule is CCC1(COC)NCC(C)S1. The van der Waals surface area contributed by atoms with Gasteiger partial charge < -0.3 is 4.74 Å². The van der Waals surface area contributed by atoms with Gasteiger partial charge in [-0.1, -0.05) is 13.8 Å². The Morgan fingerprint density at radius 1 is 1.73 bits per heavy atom. The van der Waals surface area contributed by atoms with Gasteiger partial charge in [-0.25, -0.2) is 0 Å². The lowest BCUT2D eigenvalue weighted by molar-refractivity contribution is 0.155. The van der Waals surface area contributed by atoms with Gasteiger partial charge in [0, 0.05) is 18.9 Å². The van der Waals surface area contributed by atoms with Crippen molar-refractivity contribution in [1.82, 2.24) is 5.32 Å². The molecule has 0 aliphatic carbocycles. The van der Waals surface area contributed by atoms with Gasteiger partial charge in [0.1, 0.15) is 0 Å². The Bertz CT molecular complexity index is 127. The van der Waals surface area contributed by atoms with Crippen LogP contribution < -0.4 is 5.32 Å². The van der Waals surface area contributed by atoms with Gasteiger partial charge in [0.25, 0.3) is 0 Å². The minimum atomic E-state index is 0.203. The zero-order valence-corrected chi connectivity index (χ0v) is 8.33. The van der Waals surface area contributed by atoms with Crippen molar-refractivity contribution >= 4 is 11.8 Å². The molecule has 1 aliphatic rings. The van der Waals surface area contributed by atoms with Crippen molar-refractivity contribution in [1.29, 1.82) is 0 Å². The lowest BCUT2D eigenvalue weighted by atomic mass is 10.2. The van der Waals surface area contributed by atoms with E-state index in [0.717, 1.165) is 24.8 Å². The van der Waals surface area contributed by atoms with Crippen molar-refractivity contribution in [2.24, 2.45) is 0 Å². The molecule has 1 rings (SSSR count). The van der Waals surface area contributed by atoms with Gasteiger partial charge in [-0.3, -0.25) is 5.32 Å². The molecule has 2 atom stereocenters. The van der Waals surface area contributed by atoms with Gasteiger partial charge in [-0.15, -0.1) is 11.8 Å². The molecule has 0 bridgehead atoms. The van der Waals surface area contributed by atoms with Gasteiger partial charge in [-0.2, -0.15) is 0 Å². The first-order valence-corrected chi connectivity index (χ1v) is 5.02. The van der Waals surface area contributed by atoms with Crippen molar-refractivity contribution < 1.29 is 4.74 Å². The molecule has 1 fully saturated rings. The molecule has 0 spiro atoms. The summed E-state index contributed by atoms with van der Waals surface area (Å²) in [5.41, 5.74) is 0. The summed E-state index contributed by atoms with van der Waals surface area (Å²) in [6.07, 6.45) is 1.13. The molecular weight excluding hydrogens is 158 g/mol. The van der Waals surface area contributed by atoms with Crippen LogP contribution in [-0.4, -0.2) is 30.4 Å². The van der Waals surface area contributed by atoms with Crippen LogP contribution in [0.25, 0.3) is 0 Å². The Kier molecular flexibility index (Phi) is 3.22. The molecule has 1 saturated heterocycles. The van der Waals surface area contributed by atoms with Crippen molar-refractivity contribution in [3.05, 3.63) is 0 Å². The van der Waals surface area contributed by atoms with Crippen LogP contribution in [0.1, 0.15) is 20.3 Å². The molecule has 2 unspecified atom stereocenters. The molecular formula is C8H17NOS. The summed E-state index contributed by atoms with van der Waals surface area (Å²) >= 11 is 2.00. The molecule has 0 radical (unpaired) electrons. The van der Waals surface area contributed by atoms with E-state index in [1.54, 1.807) is 7.11 Å². The Morgan fingerprint density at radius 3 is 2.82 bits per heavy atom. The molecule has 66 valence electrons. The summed E-state index contributed by atoms with van der Waals surface area (Å²) in [4.78, 5) is 0.203. The molecule has 0 aromatic rings. The van der Waals surface area contributed by atoms with Gasteiger partial charge in [-0.05, 0) is 6.42 Å². The summed E-state index contributed by atoms with van der Waals surface area (Å²) in [7, 11) is 1.77. The van der Waals surface area contributed by atoms with Crippen molar-refractivity contribution in [2.45, 2.75) is 30.4 Å². The molecule has 0 amide bonds. The Labute approximate surface area is 73.1 Å². The van der Waals surface area contributed by atoms with Crippen LogP contribution in [0.3, 0.4) is 0 Å². The average Bonchev–Trinajstić information content (AvgIpc) is 2.34. The highest BCUT2D eigenvalue weighted by Gasteiger charge is 2.35. The minimum Gasteiger partial charge on any atom is -0.382 e. The quantitative estimate of drug-likeness (QED) is 0.702. The van der Waals surface area contributed by atoms with E-state index < -0.39 is 0 Å². The lowest BCUT2D eigenvalue weighted by Gasteiger charge is -2.26. The van der Waals surface area contributed by atoms with Gasteiger partial charge in [0.15, 0.2) is 0 Å². The van der Waals surface area contributed by atoms with Crippen LogP contribution in [0.2, 0.25) is 0 Å². The number of thioether (sulfide) groups is 1. The molecule has 11 heavy (non-hydrogen) atoms. The highest BCUT2D eigenvalue weighted by atomic mass is 32.2. The van der Waals surface area contributed by atoms with Crippen LogP contribution in [0.4, 0.5) is 0 Å². The van der Waals surface area contributed by atoms with E-state index in [2.05, 4.69) is 19.2 Å². The molecule has 0 aromatic heterocycles. The highest BCUT2D eigenvalue weighted by molar-refractivity contribution is 8.01. The second-order valence-corrected chi connectivity index (χ2v) is 4.91. The topological polar surface area (TPSA) is 21.3 Å². The smallest absolute Gasteiger partial charge is 0.0882 e. The molecule has 1 N–H and O–H groups in total.